The standard InChI is InChI=1S/C19H22F2N2O4S/c1-13(2)22-28(25,26)17-6-4-5-15(11-17)18(24)23(3)12-14-7-9-16(10-8-14)27-19(20)21/h4-11,13,19,22H,12H2,1-3H3. The van der Waals surface area contributed by atoms with E-state index in [1.54, 1.807) is 33.0 Å². The highest BCUT2D eigenvalue weighted by Gasteiger charge is 2.19. The summed E-state index contributed by atoms with van der Waals surface area (Å²) in [6.45, 7) is 0.731. The minimum Gasteiger partial charge on any atom is -0.435 e. The van der Waals surface area contributed by atoms with Crippen molar-refractivity contribution in [2.45, 2.75) is 37.9 Å². The van der Waals surface area contributed by atoms with Gasteiger partial charge >= 0.3 is 6.61 Å². The van der Waals surface area contributed by atoms with Crippen molar-refractivity contribution in [1.29, 1.82) is 0 Å². The smallest absolute Gasteiger partial charge is 0.387 e. The lowest BCUT2D eigenvalue weighted by Gasteiger charge is -2.18. The fourth-order valence-corrected chi connectivity index (χ4v) is 3.81. The second-order valence-corrected chi connectivity index (χ2v) is 8.20. The van der Waals surface area contributed by atoms with E-state index in [0.717, 1.165) is 0 Å². The van der Waals surface area contributed by atoms with Gasteiger partial charge in [-0.25, -0.2) is 13.1 Å². The molecular weight excluding hydrogens is 390 g/mol. The number of nitrogens with zero attached hydrogens (tertiary/aromatic N) is 1. The van der Waals surface area contributed by atoms with Crippen LogP contribution in [0.25, 0.3) is 0 Å². The molecule has 0 spiro atoms. The molecule has 2 aromatic rings. The van der Waals surface area contributed by atoms with Crippen LogP contribution in [0.1, 0.15) is 29.8 Å². The maximum Gasteiger partial charge on any atom is 0.387 e. The minimum atomic E-state index is -3.71. The van der Waals surface area contributed by atoms with Gasteiger partial charge in [-0.3, -0.25) is 4.79 Å². The third-order valence-corrected chi connectivity index (χ3v) is 5.35. The average molecular weight is 412 g/mol. The van der Waals surface area contributed by atoms with Crippen molar-refractivity contribution in [3.05, 3.63) is 59.7 Å². The Kier molecular flexibility index (Phi) is 7.09. The first kappa shape index (κ1) is 21.8. The Morgan fingerprint density at radius 3 is 2.36 bits per heavy atom. The Hall–Kier alpha value is -2.52. The summed E-state index contributed by atoms with van der Waals surface area (Å²) in [6, 6.07) is 11.5. The third kappa shape index (κ3) is 6.00. The van der Waals surface area contributed by atoms with Gasteiger partial charge in [-0.05, 0) is 49.7 Å². The van der Waals surface area contributed by atoms with E-state index in [1.807, 2.05) is 0 Å². The second kappa shape index (κ2) is 9.11. The summed E-state index contributed by atoms with van der Waals surface area (Å²) in [5.41, 5.74) is 0.939. The van der Waals surface area contributed by atoms with Gasteiger partial charge in [-0.15, -0.1) is 0 Å². The van der Waals surface area contributed by atoms with Gasteiger partial charge in [0.1, 0.15) is 5.75 Å². The van der Waals surface area contributed by atoms with Gasteiger partial charge in [-0.2, -0.15) is 8.78 Å². The zero-order valence-electron chi connectivity index (χ0n) is 15.7. The summed E-state index contributed by atoms with van der Waals surface area (Å²) in [6.07, 6.45) is 0. The molecule has 0 saturated heterocycles. The molecule has 0 atom stereocenters. The summed E-state index contributed by atoms with van der Waals surface area (Å²) >= 11 is 0. The average Bonchev–Trinajstić information content (AvgIpc) is 2.61. The molecule has 9 heteroatoms. The van der Waals surface area contributed by atoms with E-state index in [1.165, 1.54) is 41.3 Å². The molecule has 1 N–H and O–H groups in total. The predicted molar refractivity (Wildman–Crippen MR) is 101 cm³/mol. The minimum absolute atomic E-state index is 0.00829. The lowest BCUT2D eigenvalue weighted by Crippen LogP contribution is -2.31. The molecule has 6 nitrogen and oxygen atoms in total. The molecule has 152 valence electrons. The van der Waals surface area contributed by atoms with Crippen molar-refractivity contribution in [2.75, 3.05) is 7.05 Å². The van der Waals surface area contributed by atoms with E-state index in [-0.39, 0.29) is 34.7 Å². The number of hydrogen-bond acceptors (Lipinski definition) is 4. The molecule has 2 aromatic carbocycles. The van der Waals surface area contributed by atoms with Crippen molar-refractivity contribution < 1.29 is 26.7 Å². The van der Waals surface area contributed by atoms with Gasteiger partial charge < -0.3 is 9.64 Å². The quantitative estimate of drug-likeness (QED) is 0.722. The van der Waals surface area contributed by atoms with Crippen LogP contribution in [0.4, 0.5) is 8.78 Å². The zero-order valence-corrected chi connectivity index (χ0v) is 16.5. The van der Waals surface area contributed by atoms with Crippen molar-refractivity contribution in [2.24, 2.45) is 0 Å². The largest absolute Gasteiger partial charge is 0.435 e. The van der Waals surface area contributed by atoms with E-state index in [2.05, 4.69) is 9.46 Å². The van der Waals surface area contributed by atoms with Crippen LogP contribution in [0.2, 0.25) is 0 Å². The Morgan fingerprint density at radius 1 is 1.14 bits per heavy atom. The number of carbonyl (C=O) groups is 1. The normalized spacial score (nSPS) is 11.7. The molecule has 1 amide bonds. The van der Waals surface area contributed by atoms with E-state index in [4.69, 9.17) is 0 Å². The van der Waals surface area contributed by atoms with Gasteiger partial charge in [-0.1, -0.05) is 18.2 Å². The van der Waals surface area contributed by atoms with E-state index < -0.39 is 16.6 Å². The van der Waals surface area contributed by atoms with E-state index >= 15 is 0 Å². The summed E-state index contributed by atoms with van der Waals surface area (Å²) in [4.78, 5) is 14.1. The number of ether oxygens (including phenoxy) is 1. The van der Waals surface area contributed by atoms with Crippen LogP contribution in [-0.4, -0.2) is 38.9 Å². The van der Waals surface area contributed by atoms with Crippen molar-refractivity contribution in [3.8, 4) is 5.75 Å². The molecule has 0 aromatic heterocycles. The molecule has 0 bridgehead atoms. The van der Waals surface area contributed by atoms with Crippen molar-refractivity contribution in [1.82, 2.24) is 9.62 Å². The van der Waals surface area contributed by atoms with Crippen molar-refractivity contribution >= 4 is 15.9 Å². The number of nitrogens with one attached hydrogen (secondary N) is 1. The van der Waals surface area contributed by atoms with E-state index in [9.17, 15) is 22.0 Å². The molecule has 0 aliphatic carbocycles. The van der Waals surface area contributed by atoms with Gasteiger partial charge in [0.05, 0.1) is 4.90 Å². The topological polar surface area (TPSA) is 75.7 Å². The molecular formula is C19H22F2N2O4S. The molecule has 0 unspecified atom stereocenters. The number of halogens is 2. The zero-order chi connectivity index (χ0) is 20.9. The number of benzene rings is 2. The lowest BCUT2D eigenvalue weighted by atomic mass is 10.1. The van der Waals surface area contributed by atoms with Crippen LogP contribution in [0.15, 0.2) is 53.4 Å². The first-order chi connectivity index (χ1) is 13.1. The molecule has 0 saturated carbocycles. The third-order valence-electron chi connectivity index (χ3n) is 3.70. The first-order valence-electron chi connectivity index (χ1n) is 8.50. The number of sulfonamides is 1. The fraction of sp³-hybridized carbons (Fsp3) is 0.316. The number of carbonyl (C=O) groups excluding carboxylic acids is 1. The SMILES string of the molecule is CC(C)NS(=O)(=O)c1cccc(C(=O)N(C)Cc2ccc(OC(F)F)cc2)c1. The summed E-state index contributed by atoms with van der Waals surface area (Å²) in [5.74, 6) is -0.335. The van der Waals surface area contributed by atoms with Crippen LogP contribution in [0, 0.1) is 0 Å². The monoisotopic (exact) mass is 412 g/mol. The predicted octanol–water partition coefficient (Wildman–Crippen LogP) is 3.25. The van der Waals surface area contributed by atoms with E-state index in [0.29, 0.717) is 5.56 Å². The van der Waals surface area contributed by atoms with Gasteiger partial charge in [0.25, 0.3) is 5.91 Å². The van der Waals surface area contributed by atoms with Crippen LogP contribution in [0.3, 0.4) is 0 Å². The Morgan fingerprint density at radius 2 is 1.79 bits per heavy atom. The van der Waals surface area contributed by atoms with Gasteiger partial charge in [0.15, 0.2) is 0 Å². The lowest BCUT2D eigenvalue weighted by molar-refractivity contribution is -0.0498. The molecule has 2 rings (SSSR count). The molecule has 0 aliphatic heterocycles. The highest BCUT2D eigenvalue weighted by atomic mass is 32.2. The number of hydrogen-bond donors (Lipinski definition) is 1. The van der Waals surface area contributed by atoms with Gasteiger partial charge in [0.2, 0.25) is 10.0 Å². The number of rotatable bonds is 8. The Labute approximate surface area is 163 Å². The Bertz CT molecular complexity index is 916. The van der Waals surface area contributed by atoms with Crippen molar-refractivity contribution in [3.63, 3.8) is 0 Å². The molecule has 0 aliphatic rings. The second-order valence-electron chi connectivity index (χ2n) is 6.49. The number of amides is 1. The van der Waals surface area contributed by atoms with Crippen LogP contribution in [-0.2, 0) is 16.6 Å². The molecule has 0 radical (unpaired) electrons. The van der Waals surface area contributed by atoms with Crippen LogP contribution in [0.5, 0.6) is 5.75 Å². The summed E-state index contributed by atoms with van der Waals surface area (Å²) in [7, 11) is -2.14. The maximum absolute atomic E-state index is 12.6. The fourth-order valence-electron chi connectivity index (χ4n) is 2.52. The summed E-state index contributed by atoms with van der Waals surface area (Å²) in [5, 5.41) is 0. The summed E-state index contributed by atoms with van der Waals surface area (Å²) < 4.78 is 55.7. The Balaban J connectivity index is 2.12. The maximum atomic E-state index is 12.6. The van der Waals surface area contributed by atoms with Crippen LogP contribution < -0.4 is 9.46 Å². The highest BCUT2D eigenvalue weighted by molar-refractivity contribution is 7.89. The highest BCUT2D eigenvalue weighted by Crippen LogP contribution is 2.18. The molecule has 0 heterocycles. The van der Waals surface area contributed by atoms with Gasteiger partial charge in [0, 0.05) is 25.2 Å². The van der Waals surface area contributed by atoms with Crippen LogP contribution >= 0.6 is 0 Å². The number of alkyl halides is 2. The molecule has 0 fully saturated rings. The first-order valence-corrected chi connectivity index (χ1v) is 9.98. The molecule has 28 heavy (non-hydrogen) atoms.